The van der Waals surface area contributed by atoms with E-state index in [1.807, 2.05) is 0 Å². The molecule has 0 unspecified atom stereocenters. The standard InChI is InChI=1S/2C17H11.CH2.2ClH.Ti/c2*1-2-6-15-12(4-1)8-10-14-11-9-13-5-3-7-16(13)17(14)15;;;;/h2*1-4,6,8-11H,7H2;1H2;2*1H;/q2*-1;;;;+2/p-2. The number of halogens is 2. The van der Waals surface area contributed by atoms with Crippen LogP contribution in [0.2, 0.25) is 0 Å². The average molecular weight is 563 g/mol. The van der Waals surface area contributed by atoms with Crippen LogP contribution in [0.4, 0.5) is 0 Å². The van der Waals surface area contributed by atoms with Crippen molar-refractivity contribution >= 4 is 47.9 Å². The van der Waals surface area contributed by atoms with Gasteiger partial charge in [0.05, 0.1) is 0 Å². The van der Waals surface area contributed by atoms with Gasteiger partial charge in [0, 0.05) is 0 Å². The monoisotopic (exact) mass is 562 g/mol. The summed E-state index contributed by atoms with van der Waals surface area (Å²) in [4.78, 5) is 3.25. The van der Waals surface area contributed by atoms with Gasteiger partial charge in [0.2, 0.25) is 0 Å². The number of hydrogen-bond acceptors (Lipinski definition) is 0. The molecule has 38 heavy (non-hydrogen) atoms. The van der Waals surface area contributed by atoms with Crippen molar-refractivity contribution in [2.45, 2.75) is 12.8 Å². The van der Waals surface area contributed by atoms with Crippen molar-refractivity contribution in [3.8, 4) is 0 Å². The van der Waals surface area contributed by atoms with Gasteiger partial charge in [-0.05, 0) is 32.3 Å². The molecule has 8 rings (SSSR count). The van der Waals surface area contributed by atoms with Gasteiger partial charge in [0.15, 0.2) is 0 Å². The van der Waals surface area contributed by atoms with Crippen molar-refractivity contribution < 1.29 is 44.8 Å². The van der Waals surface area contributed by atoms with Gasteiger partial charge < -0.3 is 24.8 Å². The molecule has 0 spiro atoms. The Kier molecular flexibility index (Phi) is 9.03. The van der Waals surface area contributed by atoms with E-state index in [-0.39, 0.29) is 24.8 Å². The Morgan fingerprint density at radius 1 is 0.474 bits per heavy atom. The van der Waals surface area contributed by atoms with Crippen LogP contribution in [0.25, 0.3) is 43.1 Å². The molecule has 0 saturated heterocycles. The molecule has 0 atom stereocenters. The van der Waals surface area contributed by atoms with Crippen LogP contribution in [0.1, 0.15) is 22.3 Å². The van der Waals surface area contributed by atoms with Crippen LogP contribution in [0, 0.1) is 12.2 Å². The minimum Gasteiger partial charge on any atom is -1.00 e. The zero-order valence-corrected chi connectivity index (χ0v) is 23.8. The van der Waals surface area contributed by atoms with Crippen molar-refractivity contribution in [1.82, 2.24) is 0 Å². The Morgan fingerprint density at radius 2 is 0.842 bits per heavy atom. The molecule has 0 fully saturated rings. The van der Waals surface area contributed by atoms with E-state index in [0.29, 0.717) is 0 Å². The zero-order valence-electron chi connectivity index (χ0n) is 20.8. The van der Waals surface area contributed by atoms with Gasteiger partial charge in [0.25, 0.3) is 0 Å². The van der Waals surface area contributed by atoms with E-state index in [9.17, 15) is 0 Å². The summed E-state index contributed by atoms with van der Waals surface area (Å²) >= 11 is 1.75. The van der Waals surface area contributed by atoms with Crippen molar-refractivity contribution in [2.24, 2.45) is 0 Å². The molecule has 0 N–H and O–H groups in total. The fraction of sp³-hybridized carbons (Fsp3) is 0.0571. The number of rotatable bonds is 0. The fourth-order valence-electron chi connectivity index (χ4n) is 5.57. The molecule has 0 bridgehead atoms. The first-order valence-electron chi connectivity index (χ1n) is 12.3. The zero-order chi connectivity index (χ0) is 24.5. The summed E-state index contributed by atoms with van der Waals surface area (Å²) in [6, 6.07) is 34.8. The van der Waals surface area contributed by atoms with Crippen LogP contribution in [0.5, 0.6) is 0 Å². The van der Waals surface area contributed by atoms with Gasteiger partial charge in [-0.3, -0.25) is 0 Å². The maximum absolute atomic E-state index is 3.33. The molecule has 0 amide bonds. The van der Waals surface area contributed by atoms with Gasteiger partial charge >= 0.3 is 24.8 Å². The molecule has 184 valence electrons. The normalized spacial score (nSPS) is 12.2. The fourth-order valence-corrected chi connectivity index (χ4v) is 5.57. The second kappa shape index (κ2) is 12.2. The summed E-state index contributed by atoms with van der Waals surface area (Å²) < 4.78 is 0. The predicted molar refractivity (Wildman–Crippen MR) is 151 cm³/mol. The molecule has 0 aliphatic heterocycles. The van der Waals surface area contributed by atoms with Crippen LogP contribution >= 0.6 is 0 Å². The van der Waals surface area contributed by atoms with Gasteiger partial charge in [-0.15, -0.1) is 23.3 Å². The molecular formula is C35H24Cl2Ti-2. The summed E-state index contributed by atoms with van der Waals surface area (Å²) in [5.74, 6) is 0. The second-order valence-electron chi connectivity index (χ2n) is 9.06. The van der Waals surface area contributed by atoms with Crippen molar-refractivity contribution in [3.63, 3.8) is 0 Å². The van der Waals surface area contributed by atoms with E-state index < -0.39 is 0 Å². The quantitative estimate of drug-likeness (QED) is 0.152. The van der Waals surface area contributed by atoms with E-state index in [0.717, 1.165) is 12.8 Å². The third kappa shape index (κ3) is 4.91. The largest absolute Gasteiger partial charge is 1.00 e. The summed E-state index contributed by atoms with van der Waals surface area (Å²) in [6.45, 7) is 0. The van der Waals surface area contributed by atoms with Crippen LogP contribution in [-0.2, 0) is 32.8 Å². The third-order valence-electron chi connectivity index (χ3n) is 7.16. The van der Waals surface area contributed by atoms with Gasteiger partial charge in [-0.2, -0.15) is 47.6 Å². The molecule has 2 aliphatic carbocycles. The number of hydrogen-bond donors (Lipinski definition) is 0. The maximum Gasteiger partial charge on any atom is -1.00 e. The summed E-state index contributed by atoms with van der Waals surface area (Å²) in [6.07, 6.45) is 13.0. The van der Waals surface area contributed by atoms with Crippen LogP contribution in [0.15, 0.2) is 109 Å². The van der Waals surface area contributed by atoms with E-state index in [1.54, 1.807) is 20.0 Å². The van der Waals surface area contributed by atoms with E-state index in [1.165, 1.54) is 65.3 Å². The maximum atomic E-state index is 3.33. The second-order valence-corrected chi connectivity index (χ2v) is 9.06. The molecule has 0 aromatic heterocycles. The first kappa shape index (κ1) is 28.0. The molecule has 2 aliphatic rings. The van der Waals surface area contributed by atoms with Crippen molar-refractivity contribution in [3.05, 3.63) is 144 Å². The predicted octanol–water partition coefficient (Wildman–Crippen LogP) is 2.49. The number of benzene rings is 6. The molecule has 0 radical (unpaired) electrons. The van der Waals surface area contributed by atoms with Gasteiger partial charge in [-0.1, -0.05) is 96.4 Å². The smallest absolute Gasteiger partial charge is 1.00 e. The van der Waals surface area contributed by atoms with Crippen molar-refractivity contribution in [2.75, 3.05) is 0 Å². The summed E-state index contributed by atoms with van der Waals surface area (Å²) in [5, 5.41) is 10.8. The number of fused-ring (bicyclic) bond motifs is 10. The minimum absolute atomic E-state index is 0. The summed E-state index contributed by atoms with van der Waals surface area (Å²) in [7, 11) is 0. The molecule has 0 heterocycles. The van der Waals surface area contributed by atoms with Crippen LogP contribution in [0.3, 0.4) is 0 Å². The average Bonchev–Trinajstić information content (AvgIpc) is 3.64. The first-order valence-corrected chi connectivity index (χ1v) is 13.4. The van der Waals surface area contributed by atoms with Crippen molar-refractivity contribution in [1.29, 1.82) is 0 Å². The van der Waals surface area contributed by atoms with Gasteiger partial charge in [-0.25, -0.2) is 0 Å². The van der Waals surface area contributed by atoms with Crippen LogP contribution < -0.4 is 24.8 Å². The molecule has 0 saturated carbocycles. The Hall–Kier alpha value is -3.00. The number of allylic oxidation sites excluding steroid dienone is 2. The topological polar surface area (TPSA) is 0 Å². The summed E-state index contributed by atoms with van der Waals surface area (Å²) in [5.41, 5.74) is 5.38. The minimum atomic E-state index is 0. The van der Waals surface area contributed by atoms with E-state index >= 15 is 0 Å². The first-order chi connectivity index (χ1) is 17.9. The van der Waals surface area contributed by atoms with E-state index in [4.69, 9.17) is 0 Å². The molecule has 3 heteroatoms. The molecular weight excluding hydrogens is 539 g/mol. The third-order valence-corrected chi connectivity index (χ3v) is 7.16. The molecule has 0 nitrogen and oxygen atoms in total. The Balaban J connectivity index is 0.000000158. The van der Waals surface area contributed by atoms with E-state index in [2.05, 4.69) is 126 Å². The molecule has 6 aromatic rings. The molecule has 6 aromatic carbocycles. The Labute approximate surface area is 247 Å². The Morgan fingerprint density at radius 3 is 1.29 bits per heavy atom. The van der Waals surface area contributed by atoms with Gasteiger partial charge in [0.1, 0.15) is 0 Å². The van der Waals surface area contributed by atoms with Crippen LogP contribution in [-0.4, -0.2) is 4.82 Å². The Bertz CT molecular complexity index is 1700. The SMILES string of the molecule is [C-]1=CCc2c1ccc1ccc3ccccc3c21.[C-]1=CCc2c1ccc1ccc3ccccc3c21.[CH2]=[Ti+2].[Cl-].[Cl-].